The Hall–Kier alpha value is -1.43. The highest BCUT2D eigenvalue weighted by molar-refractivity contribution is 7.09. The van der Waals surface area contributed by atoms with Crippen LogP contribution in [0, 0.1) is 5.92 Å². The van der Waals surface area contributed by atoms with Gasteiger partial charge in [0.05, 0.1) is 12.2 Å². The molecule has 1 aliphatic carbocycles. The first-order valence-electron chi connectivity index (χ1n) is 8.20. The van der Waals surface area contributed by atoms with Crippen LogP contribution in [-0.4, -0.2) is 34.3 Å². The maximum Gasteiger partial charge on any atom is 0.243 e. The average Bonchev–Trinajstić information content (AvgIpc) is 3.30. The van der Waals surface area contributed by atoms with Gasteiger partial charge in [0.15, 0.2) is 0 Å². The Morgan fingerprint density at radius 3 is 2.86 bits per heavy atom. The predicted molar refractivity (Wildman–Crippen MR) is 85.4 cm³/mol. The summed E-state index contributed by atoms with van der Waals surface area (Å²) in [5, 5.41) is 5.93. The van der Waals surface area contributed by atoms with Gasteiger partial charge in [-0.25, -0.2) is 4.98 Å². The van der Waals surface area contributed by atoms with Crippen molar-refractivity contribution < 1.29 is 9.59 Å². The number of hydrogen-bond acceptors (Lipinski definition) is 4. The molecule has 3 rings (SSSR count). The number of piperidine rings is 1. The van der Waals surface area contributed by atoms with E-state index in [1.165, 1.54) is 0 Å². The minimum atomic E-state index is -0.285. The summed E-state index contributed by atoms with van der Waals surface area (Å²) in [5.41, 5.74) is 1.07. The van der Waals surface area contributed by atoms with Gasteiger partial charge in [-0.05, 0) is 38.5 Å². The molecule has 1 N–H and O–H groups in total. The summed E-state index contributed by atoms with van der Waals surface area (Å²) in [6.07, 6.45) is 5.70. The topological polar surface area (TPSA) is 62.3 Å². The zero-order valence-corrected chi connectivity index (χ0v) is 13.8. The van der Waals surface area contributed by atoms with Gasteiger partial charge in [0, 0.05) is 17.8 Å². The van der Waals surface area contributed by atoms with Gasteiger partial charge in [-0.3, -0.25) is 9.59 Å². The van der Waals surface area contributed by atoms with Crippen LogP contribution >= 0.6 is 11.3 Å². The lowest BCUT2D eigenvalue weighted by atomic mass is 10.0. The molecule has 0 unspecified atom stereocenters. The highest BCUT2D eigenvalue weighted by Crippen LogP contribution is 2.33. The molecule has 2 fully saturated rings. The van der Waals surface area contributed by atoms with Crippen molar-refractivity contribution in [1.82, 2.24) is 15.2 Å². The average molecular weight is 321 g/mol. The van der Waals surface area contributed by atoms with Gasteiger partial charge in [0.1, 0.15) is 11.0 Å². The van der Waals surface area contributed by atoms with Crippen molar-refractivity contribution in [2.24, 2.45) is 5.92 Å². The molecular formula is C16H23N3O2S. The number of aromatic nitrogens is 1. The van der Waals surface area contributed by atoms with Crippen molar-refractivity contribution in [3.63, 3.8) is 0 Å². The number of rotatable bonds is 5. The molecular weight excluding hydrogens is 298 g/mol. The second kappa shape index (κ2) is 6.77. The molecule has 1 aromatic heterocycles. The molecule has 1 aromatic rings. The summed E-state index contributed by atoms with van der Waals surface area (Å²) in [6, 6.07) is -0.285. The molecule has 1 saturated heterocycles. The lowest BCUT2D eigenvalue weighted by Gasteiger charge is -2.34. The second-order valence-corrected chi connectivity index (χ2v) is 7.06. The van der Waals surface area contributed by atoms with E-state index in [2.05, 4.69) is 17.2 Å². The molecule has 1 atom stereocenters. The number of nitrogens with zero attached hydrogens (tertiary/aromatic N) is 2. The molecule has 0 aromatic carbocycles. The molecule has 2 aliphatic rings. The number of nitrogens with one attached hydrogen (secondary N) is 1. The van der Waals surface area contributed by atoms with E-state index in [9.17, 15) is 9.59 Å². The van der Waals surface area contributed by atoms with Crippen LogP contribution in [0.5, 0.6) is 0 Å². The Balaban J connectivity index is 1.58. The molecule has 0 spiro atoms. The minimum Gasteiger partial charge on any atom is -0.348 e. The molecule has 1 aliphatic heterocycles. The zero-order chi connectivity index (χ0) is 15.5. The zero-order valence-electron chi connectivity index (χ0n) is 13.0. The number of carbonyl (C=O) groups excluding carboxylic acids is 2. The van der Waals surface area contributed by atoms with E-state index in [1.54, 1.807) is 11.3 Å². The first kappa shape index (κ1) is 15.5. The predicted octanol–water partition coefficient (Wildman–Crippen LogP) is 2.11. The number of thiazole rings is 1. The van der Waals surface area contributed by atoms with Crippen LogP contribution in [-0.2, 0) is 22.6 Å². The number of aryl methyl sites for hydroxylation is 1. The Labute approximate surface area is 135 Å². The smallest absolute Gasteiger partial charge is 0.243 e. The lowest BCUT2D eigenvalue weighted by molar-refractivity contribution is -0.143. The van der Waals surface area contributed by atoms with E-state index in [4.69, 9.17) is 0 Å². The molecule has 0 bridgehead atoms. The monoisotopic (exact) mass is 321 g/mol. The number of carbonyl (C=O) groups is 2. The van der Waals surface area contributed by atoms with Crippen molar-refractivity contribution in [1.29, 1.82) is 0 Å². The van der Waals surface area contributed by atoms with E-state index in [0.29, 0.717) is 6.54 Å². The van der Waals surface area contributed by atoms with Crippen molar-refractivity contribution in [3.05, 3.63) is 16.1 Å². The van der Waals surface area contributed by atoms with E-state index in [0.717, 1.165) is 55.8 Å². The molecule has 2 amide bonds. The summed E-state index contributed by atoms with van der Waals surface area (Å²) in [6.45, 7) is 3.26. The van der Waals surface area contributed by atoms with E-state index >= 15 is 0 Å². The third-order valence-electron chi connectivity index (χ3n) is 4.39. The molecule has 120 valence electrons. The van der Waals surface area contributed by atoms with E-state index in [-0.39, 0.29) is 23.8 Å². The van der Waals surface area contributed by atoms with Gasteiger partial charge in [-0.15, -0.1) is 11.3 Å². The van der Waals surface area contributed by atoms with Gasteiger partial charge in [0.2, 0.25) is 11.8 Å². The Kier molecular flexibility index (Phi) is 4.76. The lowest BCUT2D eigenvalue weighted by Crippen LogP contribution is -2.52. The third kappa shape index (κ3) is 3.48. The molecule has 1 saturated carbocycles. The van der Waals surface area contributed by atoms with Crippen LogP contribution in [0.1, 0.15) is 49.7 Å². The van der Waals surface area contributed by atoms with Crippen LogP contribution in [0.2, 0.25) is 0 Å². The first-order valence-corrected chi connectivity index (χ1v) is 9.08. The van der Waals surface area contributed by atoms with Gasteiger partial charge < -0.3 is 10.2 Å². The molecule has 22 heavy (non-hydrogen) atoms. The molecule has 6 heteroatoms. The van der Waals surface area contributed by atoms with Crippen LogP contribution in [0.25, 0.3) is 0 Å². The Morgan fingerprint density at radius 1 is 1.36 bits per heavy atom. The van der Waals surface area contributed by atoms with E-state index < -0.39 is 0 Å². The first-order chi connectivity index (χ1) is 10.7. The summed E-state index contributed by atoms with van der Waals surface area (Å²) < 4.78 is 0. The van der Waals surface area contributed by atoms with E-state index in [1.807, 2.05) is 10.3 Å². The minimum absolute atomic E-state index is 0.0260. The summed E-state index contributed by atoms with van der Waals surface area (Å²) in [5.74, 6) is 0.337. The molecule has 0 radical (unpaired) electrons. The highest BCUT2D eigenvalue weighted by Gasteiger charge is 2.39. The summed E-state index contributed by atoms with van der Waals surface area (Å²) in [4.78, 5) is 31.1. The Bertz CT molecular complexity index is 553. The standard InChI is InChI=1S/C16H23N3O2S/c1-2-12-10-22-14(18-12)9-17-15(20)13-5-3-4-8-19(13)16(21)11-6-7-11/h10-11,13H,2-9H2,1H3,(H,17,20)/t13-/m1/s1. The van der Waals surface area contributed by atoms with Gasteiger partial charge in [0.25, 0.3) is 0 Å². The maximum absolute atomic E-state index is 12.5. The van der Waals surface area contributed by atoms with Crippen LogP contribution in [0.15, 0.2) is 5.38 Å². The van der Waals surface area contributed by atoms with Crippen LogP contribution < -0.4 is 5.32 Å². The van der Waals surface area contributed by atoms with Gasteiger partial charge in [-0.1, -0.05) is 6.92 Å². The fraction of sp³-hybridized carbons (Fsp3) is 0.688. The molecule has 5 nitrogen and oxygen atoms in total. The summed E-state index contributed by atoms with van der Waals surface area (Å²) >= 11 is 1.58. The van der Waals surface area contributed by atoms with Crippen LogP contribution in [0.4, 0.5) is 0 Å². The quantitative estimate of drug-likeness (QED) is 0.903. The number of hydrogen-bond donors (Lipinski definition) is 1. The SMILES string of the molecule is CCc1csc(CNC(=O)[C@H]2CCCCN2C(=O)C2CC2)n1. The fourth-order valence-electron chi connectivity index (χ4n) is 2.91. The van der Waals surface area contributed by atoms with Crippen LogP contribution in [0.3, 0.4) is 0 Å². The normalized spacial score (nSPS) is 21.7. The number of amides is 2. The number of likely N-dealkylation sites (tertiary alicyclic amines) is 1. The summed E-state index contributed by atoms with van der Waals surface area (Å²) in [7, 11) is 0. The Morgan fingerprint density at radius 2 is 2.18 bits per heavy atom. The fourth-order valence-corrected chi connectivity index (χ4v) is 3.72. The van der Waals surface area contributed by atoms with Gasteiger partial charge >= 0.3 is 0 Å². The second-order valence-electron chi connectivity index (χ2n) is 6.12. The van der Waals surface area contributed by atoms with Crippen molar-refractivity contribution in [2.75, 3.05) is 6.54 Å². The largest absolute Gasteiger partial charge is 0.348 e. The molecule has 2 heterocycles. The van der Waals surface area contributed by atoms with Crippen molar-refractivity contribution in [2.45, 2.75) is 58.0 Å². The van der Waals surface area contributed by atoms with Crippen molar-refractivity contribution >= 4 is 23.2 Å². The van der Waals surface area contributed by atoms with Crippen molar-refractivity contribution in [3.8, 4) is 0 Å². The third-order valence-corrected chi connectivity index (χ3v) is 5.29. The van der Waals surface area contributed by atoms with Gasteiger partial charge in [-0.2, -0.15) is 0 Å². The maximum atomic E-state index is 12.5. The highest BCUT2D eigenvalue weighted by atomic mass is 32.1.